The van der Waals surface area contributed by atoms with E-state index in [0.717, 1.165) is 17.1 Å². The number of hydrogen-bond donors (Lipinski definition) is 1. The molecule has 1 saturated heterocycles. The number of benzene rings is 2. The van der Waals surface area contributed by atoms with E-state index >= 15 is 0 Å². The SMILES string of the molecule is COc1ccc(C(O)=C2C(=O)C(=O)N(CCCN(C)C)C2c2ccc(Br)cc2)cc1F. The van der Waals surface area contributed by atoms with Gasteiger partial charge in [0.15, 0.2) is 11.6 Å². The maximum atomic E-state index is 14.2. The van der Waals surface area contributed by atoms with Gasteiger partial charge in [0.25, 0.3) is 11.7 Å². The van der Waals surface area contributed by atoms with Crippen LogP contribution < -0.4 is 4.74 Å². The standard InChI is InChI=1S/C23H24BrFN2O4/c1-26(2)11-4-12-27-20(14-5-8-16(24)9-6-14)19(22(29)23(27)30)21(28)15-7-10-18(31-3)17(25)13-15/h5-10,13,20,28H,4,11-12H2,1-3H3. The lowest BCUT2D eigenvalue weighted by molar-refractivity contribution is -0.139. The molecule has 0 spiro atoms. The van der Waals surface area contributed by atoms with E-state index in [1.54, 1.807) is 12.1 Å². The molecule has 0 radical (unpaired) electrons. The van der Waals surface area contributed by atoms with Gasteiger partial charge >= 0.3 is 0 Å². The van der Waals surface area contributed by atoms with Crippen molar-refractivity contribution < 1.29 is 23.8 Å². The molecule has 3 rings (SSSR count). The van der Waals surface area contributed by atoms with Gasteiger partial charge in [-0.2, -0.15) is 0 Å². The number of rotatable bonds is 7. The highest BCUT2D eigenvalue weighted by Gasteiger charge is 2.45. The molecular weight excluding hydrogens is 467 g/mol. The Morgan fingerprint density at radius 2 is 1.87 bits per heavy atom. The molecule has 1 unspecified atom stereocenters. The predicted molar refractivity (Wildman–Crippen MR) is 119 cm³/mol. The first-order chi connectivity index (χ1) is 14.7. The number of amides is 1. The van der Waals surface area contributed by atoms with E-state index in [2.05, 4.69) is 15.9 Å². The van der Waals surface area contributed by atoms with Gasteiger partial charge in [0.2, 0.25) is 0 Å². The average Bonchev–Trinajstić information content (AvgIpc) is 2.98. The largest absolute Gasteiger partial charge is 0.507 e. The summed E-state index contributed by atoms with van der Waals surface area (Å²) in [6, 6.07) is 10.3. The molecular formula is C23H24BrFN2O4. The maximum absolute atomic E-state index is 14.2. The van der Waals surface area contributed by atoms with Crippen LogP contribution in [0.2, 0.25) is 0 Å². The van der Waals surface area contributed by atoms with Crippen molar-refractivity contribution in [3.05, 3.63) is 69.5 Å². The molecule has 2 aromatic carbocycles. The monoisotopic (exact) mass is 490 g/mol. The van der Waals surface area contributed by atoms with E-state index in [1.165, 1.54) is 24.1 Å². The lowest BCUT2D eigenvalue weighted by atomic mass is 9.95. The lowest BCUT2D eigenvalue weighted by Crippen LogP contribution is -2.32. The molecule has 1 aliphatic rings. The summed E-state index contributed by atoms with van der Waals surface area (Å²) in [7, 11) is 5.20. The van der Waals surface area contributed by atoms with Gasteiger partial charge in [-0.25, -0.2) is 4.39 Å². The van der Waals surface area contributed by atoms with Crippen molar-refractivity contribution >= 4 is 33.4 Å². The summed E-state index contributed by atoms with van der Waals surface area (Å²) in [6.45, 7) is 1.08. The number of ketones is 1. The van der Waals surface area contributed by atoms with Crippen LogP contribution in [0.3, 0.4) is 0 Å². The number of ether oxygens (including phenoxy) is 1. The Bertz CT molecular complexity index is 1020. The number of aliphatic hydroxyl groups excluding tert-OH is 1. The lowest BCUT2D eigenvalue weighted by Gasteiger charge is -2.26. The third-order valence-electron chi connectivity index (χ3n) is 5.16. The van der Waals surface area contributed by atoms with Gasteiger partial charge in [0.1, 0.15) is 5.76 Å². The normalized spacial score (nSPS) is 18.1. The van der Waals surface area contributed by atoms with E-state index in [4.69, 9.17) is 4.74 Å². The number of hydrogen-bond acceptors (Lipinski definition) is 5. The second-order valence-electron chi connectivity index (χ2n) is 7.55. The minimum absolute atomic E-state index is 0.0187. The summed E-state index contributed by atoms with van der Waals surface area (Å²) in [4.78, 5) is 29.3. The third-order valence-corrected chi connectivity index (χ3v) is 5.68. The van der Waals surface area contributed by atoms with Gasteiger partial charge in [-0.3, -0.25) is 9.59 Å². The zero-order valence-corrected chi connectivity index (χ0v) is 19.1. The molecule has 1 amide bonds. The minimum atomic E-state index is -0.786. The van der Waals surface area contributed by atoms with Crippen LogP contribution in [0, 0.1) is 5.82 Å². The van der Waals surface area contributed by atoms with E-state index in [1.807, 2.05) is 31.1 Å². The van der Waals surface area contributed by atoms with E-state index < -0.39 is 29.3 Å². The van der Waals surface area contributed by atoms with E-state index in [9.17, 15) is 19.1 Å². The van der Waals surface area contributed by atoms with Crippen molar-refractivity contribution in [3.8, 4) is 5.75 Å². The quantitative estimate of drug-likeness (QED) is 0.361. The van der Waals surface area contributed by atoms with Crippen molar-refractivity contribution in [1.82, 2.24) is 9.80 Å². The number of methoxy groups -OCH3 is 1. The molecule has 0 aliphatic carbocycles. The number of likely N-dealkylation sites (tertiary alicyclic amines) is 1. The Labute approximate surface area is 189 Å². The van der Waals surface area contributed by atoms with Crippen molar-refractivity contribution in [1.29, 1.82) is 0 Å². The number of carbonyl (C=O) groups is 2. The smallest absolute Gasteiger partial charge is 0.295 e. The summed E-state index contributed by atoms with van der Waals surface area (Å²) in [5.41, 5.74) is 0.733. The Hall–Kier alpha value is -2.71. The average molecular weight is 491 g/mol. The topological polar surface area (TPSA) is 70.1 Å². The zero-order valence-electron chi connectivity index (χ0n) is 17.6. The Kier molecular flexibility index (Phi) is 7.12. The molecule has 8 heteroatoms. The second-order valence-corrected chi connectivity index (χ2v) is 8.47. The number of halogens is 2. The summed E-state index contributed by atoms with van der Waals surface area (Å²) in [5, 5.41) is 11.0. The molecule has 164 valence electrons. The first-order valence-electron chi connectivity index (χ1n) is 9.77. The highest BCUT2D eigenvalue weighted by atomic mass is 79.9. The molecule has 1 heterocycles. The Morgan fingerprint density at radius 3 is 2.45 bits per heavy atom. The van der Waals surface area contributed by atoms with E-state index in [-0.39, 0.29) is 16.9 Å². The molecule has 6 nitrogen and oxygen atoms in total. The number of nitrogens with zero attached hydrogens (tertiary/aromatic N) is 2. The molecule has 1 fully saturated rings. The molecule has 0 saturated carbocycles. The van der Waals surface area contributed by atoms with E-state index in [0.29, 0.717) is 18.5 Å². The van der Waals surface area contributed by atoms with Crippen molar-refractivity contribution in [2.75, 3.05) is 34.3 Å². The summed E-state index contributed by atoms with van der Waals surface area (Å²) in [6.07, 6.45) is 0.657. The minimum Gasteiger partial charge on any atom is -0.507 e. The summed E-state index contributed by atoms with van der Waals surface area (Å²) >= 11 is 3.39. The molecule has 1 aliphatic heterocycles. The fourth-order valence-electron chi connectivity index (χ4n) is 3.63. The Balaban J connectivity index is 2.10. The van der Waals surface area contributed by atoms with Crippen LogP contribution in [0.25, 0.3) is 5.76 Å². The predicted octanol–water partition coefficient (Wildman–Crippen LogP) is 3.97. The van der Waals surface area contributed by atoms with Crippen molar-refractivity contribution in [2.24, 2.45) is 0 Å². The molecule has 31 heavy (non-hydrogen) atoms. The highest BCUT2D eigenvalue weighted by Crippen LogP contribution is 2.40. The van der Waals surface area contributed by atoms with Crippen molar-refractivity contribution in [3.63, 3.8) is 0 Å². The first-order valence-corrected chi connectivity index (χ1v) is 10.6. The Morgan fingerprint density at radius 1 is 1.19 bits per heavy atom. The number of aliphatic hydroxyl groups is 1. The van der Waals surface area contributed by atoms with Crippen LogP contribution in [0.4, 0.5) is 4.39 Å². The van der Waals surface area contributed by atoms with Gasteiger partial charge in [0, 0.05) is 16.6 Å². The van der Waals surface area contributed by atoms with Gasteiger partial charge in [-0.05, 0) is 63.0 Å². The zero-order chi connectivity index (χ0) is 22.7. The van der Waals surface area contributed by atoms with Gasteiger partial charge < -0.3 is 19.6 Å². The maximum Gasteiger partial charge on any atom is 0.295 e. The first kappa shape index (κ1) is 23.0. The van der Waals surface area contributed by atoms with Crippen LogP contribution >= 0.6 is 15.9 Å². The molecule has 2 aromatic rings. The molecule has 1 N–H and O–H groups in total. The van der Waals surface area contributed by atoms with Crippen LogP contribution in [0.15, 0.2) is 52.5 Å². The number of Topliss-reactive ketones (excluding diaryl/α,β-unsaturated/α-hetero) is 1. The third kappa shape index (κ3) is 4.80. The summed E-state index contributed by atoms with van der Waals surface area (Å²) < 4.78 is 20.0. The van der Waals surface area contributed by atoms with Crippen LogP contribution in [0.5, 0.6) is 5.75 Å². The van der Waals surface area contributed by atoms with Gasteiger partial charge in [-0.1, -0.05) is 28.1 Å². The fraction of sp³-hybridized carbons (Fsp3) is 0.304. The molecule has 0 aromatic heterocycles. The van der Waals surface area contributed by atoms with Gasteiger partial charge in [-0.15, -0.1) is 0 Å². The van der Waals surface area contributed by atoms with Gasteiger partial charge in [0.05, 0.1) is 18.7 Å². The second kappa shape index (κ2) is 9.62. The van der Waals surface area contributed by atoms with Crippen LogP contribution in [-0.2, 0) is 9.59 Å². The fourth-order valence-corrected chi connectivity index (χ4v) is 3.89. The van der Waals surface area contributed by atoms with Crippen LogP contribution in [0.1, 0.15) is 23.6 Å². The van der Waals surface area contributed by atoms with Crippen molar-refractivity contribution in [2.45, 2.75) is 12.5 Å². The van der Waals surface area contributed by atoms with Crippen LogP contribution in [-0.4, -0.2) is 60.9 Å². The number of carbonyl (C=O) groups excluding carboxylic acids is 2. The molecule has 0 bridgehead atoms. The molecule has 1 atom stereocenters. The highest BCUT2D eigenvalue weighted by molar-refractivity contribution is 9.10. The summed E-state index contributed by atoms with van der Waals surface area (Å²) in [5.74, 6) is -2.53.